The second kappa shape index (κ2) is 13.0. The summed E-state index contributed by atoms with van der Waals surface area (Å²) >= 11 is 5.86. The molecule has 1 aliphatic carbocycles. The van der Waals surface area contributed by atoms with Crippen molar-refractivity contribution in [3.63, 3.8) is 0 Å². The van der Waals surface area contributed by atoms with Crippen LogP contribution in [0.15, 0.2) is 53.4 Å². The van der Waals surface area contributed by atoms with E-state index in [2.05, 4.69) is 14.9 Å². The summed E-state index contributed by atoms with van der Waals surface area (Å²) in [6.07, 6.45) is 2.22. The average Bonchev–Trinajstić information content (AvgIpc) is 2.84. The number of alkyl halides is 3. The van der Waals surface area contributed by atoms with Gasteiger partial charge >= 0.3 is 6.18 Å². The molecule has 0 radical (unpaired) electrons. The smallest absolute Gasteiger partial charge is 0.382 e. The van der Waals surface area contributed by atoms with Crippen molar-refractivity contribution < 1.29 is 21.6 Å². The van der Waals surface area contributed by atoms with Gasteiger partial charge in [0.15, 0.2) is 0 Å². The molecule has 2 aliphatic rings. The molecule has 11 heteroatoms. The maximum Gasteiger partial charge on any atom is 0.416 e. The highest BCUT2D eigenvalue weighted by Crippen LogP contribution is 2.32. The Morgan fingerprint density at radius 2 is 1.57 bits per heavy atom. The quantitative estimate of drug-likeness (QED) is 0.370. The van der Waals surface area contributed by atoms with Crippen LogP contribution in [0.2, 0.25) is 5.02 Å². The molecule has 1 saturated carbocycles. The van der Waals surface area contributed by atoms with Crippen molar-refractivity contribution in [3.8, 4) is 0 Å². The van der Waals surface area contributed by atoms with E-state index in [-0.39, 0.29) is 29.4 Å². The van der Waals surface area contributed by atoms with Gasteiger partial charge in [-0.15, -0.1) is 12.4 Å². The third-order valence-corrected chi connectivity index (χ3v) is 9.08. The molecule has 206 valence electrons. The molecule has 2 aromatic carbocycles. The number of sulfonamides is 1. The van der Waals surface area contributed by atoms with Crippen molar-refractivity contribution in [2.75, 3.05) is 25.0 Å². The Morgan fingerprint density at radius 1 is 0.919 bits per heavy atom. The monoisotopic (exact) mass is 579 g/mol. The molecule has 1 saturated heterocycles. The van der Waals surface area contributed by atoms with Crippen molar-refractivity contribution in [2.24, 2.45) is 5.92 Å². The lowest BCUT2D eigenvalue weighted by atomic mass is 9.84. The van der Waals surface area contributed by atoms with E-state index in [0.29, 0.717) is 16.6 Å². The number of benzene rings is 2. The number of hydrogen-bond acceptors (Lipinski definition) is 4. The zero-order chi connectivity index (χ0) is 25.8. The molecule has 2 N–H and O–H groups in total. The van der Waals surface area contributed by atoms with Gasteiger partial charge < -0.3 is 10.2 Å². The zero-order valence-electron chi connectivity index (χ0n) is 20.5. The molecule has 0 spiro atoms. The molecule has 1 heterocycles. The van der Waals surface area contributed by atoms with Crippen LogP contribution >= 0.6 is 24.0 Å². The van der Waals surface area contributed by atoms with E-state index < -0.39 is 21.8 Å². The SMILES string of the molecule is Cl.O=S(=O)(NC1CCC(CCN2CCC(Nc3cccc(C(F)(F)F)c3)CC2)CC1)c1ccc(Cl)cc1. The van der Waals surface area contributed by atoms with Gasteiger partial charge in [0.05, 0.1) is 10.5 Å². The van der Waals surface area contributed by atoms with Gasteiger partial charge in [0.25, 0.3) is 0 Å². The second-order valence-electron chi connectivity index (χ2n) is 9.92. The molecule has 5 nitrogen and oxygen atoms in total. The normalized spacial score (nSPS) is 21.8. The predicted octanol–water partition coefficient (Wildman–Crippen LogP) is 6.58. The fourth-order valence-corrected chi connectivity index (χ4v) is 6.59. The Balaban J connectivity index is 0.00000380. The van der Waals surface area contributed by atoms with E-state index >= 15 is 0 Å². The van der Waals surface area contributed by atoms with Crippen molar-refractivity contribution in [1.29, 1.82) is 0 Å². The summed E-state index contributed by atoms with van der Waals surface area (Å²) in [5.41, 5.74) is -0.107. The highest BCUT2D eigenvalue weighted by molar-refractivity contribution is 7.89. The third-order valence-electron chi connectivity index (χ3n) is 7.29. The van der Waals surface area contributed by atoms with Gasteiger partial charge in [-0.3, -0.25) is 0 Å². The van der Waals surface area contributed by atoms with Crippen LogP contribution in [-0.2, 0) is 16.2 Å². The number of halogens is 5. The van der Waals surface area contributed by atoms with E-state index in [0.717, 1.165) is 70.6 Å². The van der Waals surface area contributed by atoms with Crippen LogP contribution in [0.4, 0.5) is 18.9 Å². The number of piperidine rings is 1. The molecule has 0 unspecified atom stereocenters. The summed E-state index contributed by atoms with van der Waals surface area (Å²) in [5.74, 6) is 0.585. The van der Waals surface area contributed by atoms with Crippen LogP contribution in [0, 0.1) is 5.92 Å². The van der Waals surface area contributed by atoms with Crippen LogP contribution in [-0.4, -0.2) is 45.0 Å². The Hall–Kier alpha value is -1.52. The summed E-state index contributed by atoms with van der Waals surface area (Å²) in [6.45, 7) is 2.85. The summed E-state index contributed by atoms with van der Waals surface area (Å²) in [7, 11) is -3.54. The van der Waals surface area contributed by atoms with Crippen molar-refractivity contribution in [2.45, 2.75) is 68.1 Å². The van der Waals surface area contributed by atoms with Crippen molar-refractivity contribution in [1.82, 2.24) is 9.62 Å². The second-order valence-corrected chi connectivity index (χ2v) is 12.1. The van der Waals surface area contributed by atoms with E-state index in [1.807, 2.05) is 0 Å². The van der Waals surface area contributed by atoms with Crippen LogP contribution in [0.3, 0.4) is 0 Å². The molecule has 0 aromatic heterocycles. The lowest BCUT2D eigenvalue weighted by Gasteiger charge is -2.35. The van der Waals surface area contributed by atoms with Gasteiger partial charge in [-0.1, -0.05) is 17.7 Å². The predicted molar refractivity (Wildman–Crippen MR) is 144 cm³/mol. The first-order valence-electron chi connectivity index (χ1n) is 12.5. The summed E-state index contributed by atoms with van der Waals surface area (Å²) in [5, 5.41) is 3.77. The number of nitrogens with one attached hydrogen (secondary N) is 2. The fraction of sp³-hybridized carbons (Fsp3) is 0.538. The first kappa shape index (κ1) is 30.0. The Kier molecular flexibility index (Phi) is 10.6. The van der Waals surface area contributed by atoms with Gasteiger partial charge in [-0.05, 0) is 99.9 Å². The molecular weight excluding hydrogens is 546 g/mol. The maximum absolute atomic E-state index is 12.9. The number of nitrogens with zero attached hydrogens (tertiary/aromatic N) is 1. The highest BCUT2D eigenvalue weighted by Gasteiger charge is 2.31. The molecule has 2 aromatic rings. The minimum atomic E-state index is -4.33. The Bertz CT molecular complexity index is 1100. The van der Waals surface area contributed by atoms with Crippen molar-refractivity contribution in [3.05, 3.63) is 59.1 Å². The first-order chi connectivity index (χ1) is 17.1. The van der Waals surface area contributed by atoms with Gasteiger partial charge in [-0.25, -0.2) is 13.1 Å². The fourth-order valence-electron chi connectivity index (χ4n) is 5.16. The molecule has 4 rings (SSSR count). The summed E-state index contributed by atoms with van der Waals surface area (Å²) in [4.78, 5) is 2.67. The molecule has 37 heavy (non-hydrogen) atoms. The van der Waals surface area contributed by atoms with Crippen LogP contribution in [0.25, 0.3) is 0 Å². The molecule has 0 bridgehead atoms. The van der Waals surface area contributed by atoms with Gasteiger partial charge in [-0.2, -0.15) is 13.2 Å². The molecule has 1 aliphatic heterocycles. The number of likely N-dealkylation sites (tertiary alicyclic amines) is 1. The number of rotatable bonds is 8. The summed E-state index contributed by atoms with van der Waals surface area (Å²) < 4.78 is 66.9. The first-order valence-corrected chi connectivity index (χ1v) is 14.4. The number of hydrogen-bond donors (Lipinski definition) is 2. The lowest BCUT2D eigenvalue weighted by Crippen LogP contribution is -2.41. The van der Waals surface area contributed by atoms with Gasteiger partial charge in [0, 0.05) is 35.9 Å². The van der Waals surface area contributed by atoms with E-state index in [4.69, 9.17) is 11.6 Å². The summed E-state index contributed by atoms with van der Waals surface area (Å²) in [6, 6.07) is 11.7. The Morgan fingerprint density at radius 3 is 2.19 bits per heavy atom. The molecule has 0 atom stereocenters. The lowest BCUT2D eigenvalue weighted by molar-refractivity contribution is -0.137. The van der Waals surface area contributed by atoms with E-state index in [9.17, 15) is 21.6 Å². The maximum atomic E-state index is 12.9. The van der Waals surface area contributed by atoms with Crippen LogP contribution in [0.1, 0.15) is 50.5 Å². The number of anilines is 1. The largest absolute Gasteiger partial charge is 0.416 e. The topological polar surface area (TPSA) is 61.4 Å². The molecular formula is C26H34Cl2F3N3O2S. The third kappa shape index (κ3) is 8.75. The molecule has 2 fully saturated rings. The van der Waals surface area contributed by atoms with Gasteiger partial charge in [0.1, 0.15) is 0 Å². The van der Waals surface area contributed by atoms with Crippen LogP contribution in [0.5, 0.6) is 0 Å². The van der Waals surface area contributed by atoms with Crippen molar-refractivity contribution >= 4 is 39.7 Å². The Labute approximate surface area is 228 Å². The standard InChI is InChI=1S/C26H33ClF3N3O2S.ClH/c27-21-6-10-25(11-7-21)36(34,35)32-23-8-4-19(5-9-23)12-15-33-16-13-22(14-17-33)31-24-3-1-2-20(18-24)26(28,29)30;/h1-3,6-7,10-11,18-19,22-23,31-32H,4-5,8-9,12-17H2;1H. The van der Waals surface area contributed by atoms with Crippen LogP contribution < -0.4 is 10.0 Å². The van der Waals surface area contributed by atoms with E-state index in [1.54, 1.807) is 18.2 Å². The minimum absolute atomic E-state index is 0. The average molecular weight is 581 g/mol. The van der Waals surface area contributed by atoms with E-state index in [1.165, 1.54) is 24.3 Å². The minimum Gasteiger partial charge on any atom is -0.382 e. The molecule has 0 amide bonds. The van der Waals surface area contributed by atoms with Gasteiger partial charge in [0.2, 0.25) is 10.0 Å². The zero-order valence-corrected chi connectivity index (χ0v) is 22.9. The highest BCUT2D eigenvalue weighted by atomic mass is 35.5.